The minimum absolute atomic E-state index is 0.131. The molecule has 4 nitrogen and oxygen atoms in total. The zero-order valence-corrected chi connectivity index (χ0v) is 11.5. The Morgan fingerprint density at radius 3 is 2.63 bits per heavy atom. The highest BCUT2D eigenvalue weighted by Crippen LogP contribution is 2.22. The Bertz CT molecular complexity index is 426. The van der Waals surface area contributed by atoms with Gasteiger partial charge in [-0.05, 0) is 32.0 Å². The van der Waals surface area contributed by atoms with E-state index in [0.717, 1.165) is 12.2 Å². The summed E-state index contributed by atoms with van der Waals surface area (Å²) in [6.07, 6.45) is 7.79. The number of carbonyl (C=O) groups is 1. The third-order valence-corrected chi connectivity index (χ3v) is 3.89. The van der Waals surface area contributed by atoms with Gasteiger partial charge < -0.3 is 5.11 Å². The van der Waals surface area contributed by atoms with Crippen LogP contribution in [0.4, 0.5) is 0 Å². The van der Waals surface area contributed by atoms with Crippen LogP contribution >= 0.6 is 0 Å². The van der Waals surface area contributed by atoms with Gasteiger partial charge in [0.25, 0.3) is 0 Å². The van der Waals surface area contributed by atoms with E-state index in [1.165, 1.54) is 44.6 Å². The van der Waals surface area contributed by atoms with Gasteiger partial charge in [-0.3, -0.25) is 4.90 Å². The highest BCUT2D eigenvalue weighted by Gasteiger charge is 2.17. The van der Waals surface area contributed by atoms with E-state index >= 15 is 0 Å². The Kier molecular flexibility index (Phi) is 4.91. The lowest BCUT2D eigenvalue weighted by Gasteiger charge is -2.26. The van der Waals surface area contributed by atoms with Crippen molar-refractivity contribution in [1.82, 2.24) is 9.88 Å². The van der Waals surface area contributed by atoms with Crippen LogP contribution in [0.5, 0.6) is 0 Å². The SMILES string of the molecule is CN(Cc1cccc(C(=O)O)n1)C1CCCCCC1. The number of pyridine rings is 1. The van der Waals surface area contributed by atoms with Gasteiger partial charge in [0.05, 0.1) is 5.69 Å². The number of carboxylic acid groups (broad SMARTS) is 1. The summed E-state index contributed by atoms with van der Waals surface area (Å²) >= 11 is 0. The van der Waals surface area contributed by atoms with Crippen molar-refractivity contribution >= 4 is 5.97 Å². The second-order valence-electron chi connectivity index (χ2n) is 5.38. The minimum Gasteiger partial charge on any atom is -0.477 e. The number of hydrogen-bond acceptors (Lipinski definition) is 3. The average Bonchev–Trinajstić information content (AvgIpc) is 2.68. The third kappa shape index (κ3) is 4.03. The molecule has 19 heavy (non-hydrogen) atoms. The summed E-state index contributed by atoms with van der Waals surface area (Å²) in [5.41, 5.74) is 0.971. The predicted octanol–water partition coefficient (Wildman–Crippen LogP) is 2.93. The lowest BCUT2D eigenvalue weighted by Crippen LogP contribution is -2.31. The second kappa shape index (κ2) is 6.66. The van der Waals surface area contributed by atoms with Crippen LogP contribution in [0.25, 0.3) is 0 Å². The molecule has 1 aliphatic rings. The van der Waals surface area contributed by atoms with E-state index < -0.39 is 5.97 Å². The largest absolute Gasteiger partial charge is 0.477 e. The maximum atomic E-state index is 10.9. The van der Waals surface area contributed by atoms with Crippen molar-refractivity contribution in [3.05, 3.63) is 29.6 Å². The molecule has 0 aliphatic heterocycles. The first-order valence-electron chi connectivity index (χ1n) is 7.06. The molecular formula is C15H22N2O2. The highest BCUT2D eigenvalue weighted by atomic mass is 16.4. The molecule has 0 saturated heterocycles. The van der Waals surface area contributed by atoms with Gasteiger partial charge in [-0.1, -0.05) is 31.7 Å². The molecule has 0 aromatic carbocycles. The molecule has 0 spiro atoms. The normalized spacial score (nSPS) is 17.4. The topological polar surface area (TPSA) is 53.4 Å². The number of aromatic carboxylic acids is 1. The molecule has 1 saturated carbocycles. The average molecular weight is 262 g/mol. The molecule has 104 valence electrons. The van der Waals surface area contributed by atoms with Crippen molar-refractivity contribution in [2.75, 3.05) is 7.05 Å². The van der Waals surface area contributed by atoms with E-state index in [4.69, 9.17) is 5.11 Å². The molecular weight excluding hydrogens is 240 g/mol. The van der Waals surface area contributed by atoms with E-state index in [-0.39, 0.29) is 5.69 Å². The van der Waals surface area contributed by atoms with Crippen molar-refractivity contribution in [3.8, 4) is 0 Å². The number of aromatic nitrogens is 1. The second-order valence-corrected chi connectivity index (χ2v) is 5.38. The first-order chi connectivity index (χ1) is 9.16. The first kappa shape index (κ1) is 14.0. The zero-order chi connectivity index (χ0) is 13.7. The Balaban J connectivity index is 1.99. The van der Waals surface area contributed by atoms with Gasteiger partial charge in [-0.25, -0.2) is 9.78 Å². The first-order valence-corrected chi connectivity index (χ1v) is 7.06. The lowest BCUT2D eigenvalue weighted by atomic mass is 10.1. The van der Waals surface area contributed by atoms with Crippen LogP contribution in [0.15, 0.2) is 18.2 Å². The van der Waals surface area contributed by atoms with Gasteiger partial charge >= 0.3 is 5.97 Å². The molecule has 1 aliphatic carbocycles. The summed E-state index contributed by atoms with van der Waals surface area (Å²) in [5.74, 6) is -0.959. The van der Waals surface area contributed by atoms with Gasteiger partial charge in [0.1, 0.15) is 5.69 Å². The quantitative estimate of drug-likeness (QED) is 0.848. The summed E-state index contributed by atoms with van der Waals surface area (Å²) in [7, 11) is 2.12. The molecule has 0 unspecified atom stereocenters. The smallest absolute Gasteiger partial charge is 0.354 e. The molecule has 0 atom stereocenters. The van der Waals surface area contributed by atoms with Crippen molar-refractivity contribution < 1.29 is 9.90 Å². The molecule has 0 bridgehead atoms. The van der Waals surface area contributed by atoms with Crippen molar-refractivity contribution in [2.45, 2.75) is 51.1 Å². The molecule has 1 heterocycles. The maximum absolute atomic E-state index is 10.9. The molecule has 1 aromatic heterocycles. The Morgan fingerprint density at radius 1 is 1.32 bits per heavy atom. The zero-order valence-electron chi connectivity index (χ0n) is 11.5. The molecule has 0 radical (unpaired) electrons. The van der Waals surface area contributed by atoms with Crippen LogP contribution in [0.2, 0.25) is 0 Å². The number of rotatable bonds is 4. The van der Waals surface area contributed by atoms with Crippen LogP contribution in [0, 0.1) is 0 Å². The number of nitrogens with zero attached hydrogens (tertiary/aromatic N) is 2. The fraction of sp³-hybridized carbons (Fsp3) is 0.600. The van der Waals surface area contributed by atoms with E-state index in [2.05, 4.69) is 16.9 Å². The van der Waals surface area contributed by atoms with Gasteiger partial charge in [0.15, 0.2) is 0 Å². The van der Waals surface area contributed by atoms with Gasteiger partial charge in [-0.15, -0.1) is 0 Å². The van der Waals surface area contributed by atoms with Crippen LogP contribution in [0.1, 0.15) is 54.7 Å². The maximum Gasteiger partial charge on any atom is 0.354 e. The fourth-order valence-electron chi connectivity index (χ4n) is 2.77. The van der Waals surface area contributed by atoms with Gasteiger partial charge in [0, 0.05) is 12.6 Å². The van der Waals surface area contributed by atoms with Gasteiger partial charge in [0.2, 0.25) is 0 Å². The van der Waals surface area contributed by atoms with Crippen molar-refractivity contribution in [1.29, 1.82) is 0 Å². The summed E-state index contributed by atoms with van der Waals surface area (Å²) in [4.78, 5) is 17.4. The Hall–Kier alpha value is -1.42. The molecule has 1 fully saturated rings. The van der Waals surface area contributed by atoms with Crippen LogP contribution < -0.4 is 0 Å². The Labute approximate surface area is 114 Å². The monoisotopic (exact) mass is 262 g/mol. The lowest BCUT2D eigenvalue weighted by molar-refractivity contribution is 0.0690. The number of hydrogen-bond donors (Lipinski definition) is 1. The van der Waals surface area contributed by atoms with Crippen LogP contribution in [-0.2, 0) is 6.54 Å². The van der Waals surface area contributed by atoms with E-state index in [1.54, 1.807) is 6.07 Å². The fourth-order valence-corrected chi connectivity index (χ4v) is 2.77. The molecule has 4 heteroatoms. The number of carboxylic acids is 1. The Morgan fingerprint density at radius 2 is 2.00 bits per heavy atom. The molecule has 2 rings (SSSR count). The van der Waals surface area contributed by atoms with E-state index in [1.807, 2.05) is 6.07 Å². The standard InChI is InChI=1S/C15H22N2O2/c1-17(13-8-4-2-3-5-9-13)11-12-7-6-10-14(16-12)15(18)19/h6-7,10,13H,2-5,8-9,11H2,1H3,(H,18,19). The minimum atomic E-state index is -0.959. The van der Waals surface area contributed by atoms with Crippen molar-refractivity contribution in [2.24, 2.45) is 0 Å². The van der Waals surface area contributed by atoms with Crippen LogP contribution in [0.3, 0.4) is 0 Å². The molecule has 0 amide bonds. The van der Waals surface area contributed by atoms with Crippen molar-refractivity contribution in [3.63, 3.8) is 0 Å². The summed E-state index contributed by atoms with van der Waals surface area (Å²) in [6.45, 7) is 0.728. The van der Waals surface area contributed by atoms with E-state index in [9.17, 15) is 4.79 Å². The summed E-state index contributed by atoms with van der Waals surface area (Å²) < 4.78 is 0. The summed E-state index contributed by atoms with van der Waals surface area (Å²) in [6, 6.07) is 5.82. The summed E-state index contributed by atoms with van der Waals surface area (Å²) in [5, 5.41) is 8.95. The van der Waals surface area contributed by atoms with Gasteiger partial charge in [-0.2, -0.15) is 0 Å². The predicted molar refractivity (Wildman–Crippen MR) is 74.2 cm³/mol. The third-order valence-electron chi connectivity index (χ3n) is 3.89. The van der Waals surface area contributed by atoms with E-state index in [0.29, 0.717) is 6.04 Å². The molecule has 1 aromatic rings. The highest BCUT2D eigenvalue weighted by molar-refractivity contribution is 5.85. The molecule has 1 N–H and O–H groups in total. The van der Waals surface area contributed by atoms with Crippen LogP contribution in [-0.4, -0.2) is 34.0 Å².